The predicted octanol–water partition coefficient (Wildman–Crippen LogP) is 4.03. The Balaban J connectivity index is 2.07. The third kappa shape index (κ3) is 3.87. The molecule has 0 atom stereocenters. The van der Waals surface area contributed by atoms with E-state index < -0.39 is 0 Å². The number of carbonyl (C=O) groups excluding carboxylic acids is 1. The molecule has 3 aromatic heterocycles. The van der Waals surface area contributed by atoms with Crippen LogP contribution in [0.2, 0.25) is 0 Å². The second-order valence-corrected chi connectivity index (χ2v) is 8.08. The lowest BCUT2D eigenvalue weighted by molar-refractivity contribution is 0.0527. The molecule has 0 fully saturated rings. The third-order valence-electron chi connectivity index (χ3n) is 5.61. The number of aromatic hydroxyl groups is 1. The molecule has 0 aliphatic rings. The number of rotatable bonds is 7. The Kier molecular flexibility index (Phi) is 6.01. The van der Waals surface area contributed by atoms with E-state index in [1.807, 2.05) is 77.9 Å². The predicted molar refractivity (Wildman–Crippen MR) is 125 cm³/mol. The Morgan fingerprint density at radius 1 is 1.22 bits per heavy atom. The molecule has 32 heavy (non-hydrogen) atoms. The van der Waals surface area contributed by atoms with E-state index in [4.69, 9.17) is 4.74 Å². The van der Waals surface area contributed by atoms with E-state index in [0.29, 0.717) is 29.8 Å². The normalized spacial score (nSPS) is 11.4. The lowest BCUT2D eigenvalue weighted by Crippen LogP contribution is -2.14. The minimum atomic E-state index is -0.381. The van der Waals surface area contributed by atoms with E-state index in [-0.39, 0.29) is 18.3 Å². The zero-order valence-electron chi connectivity index (χ0n) is 18.9. The van der Waals surface area contributed by atoms with Gasteiger partial charge in [-0.15, -0.1) is 0 Å². The summed E-state index contributed by atoms with van der Waals surface area (Å²) < 4.78 is 9.50. The van der Waals surface area contributed by atoms with Crippen LogP contribution in [-0.4, -0.2) is 50.8 Å². The Hall–Kier alpha value is -3.58. The lowest BCUT2D eigenvalue weighted by Gasteiger charge is -2.17. The second kappa shape index (κ2) is 8.88. The van der Waals surface area contributed by atoms with Gasteiger partial charge in [0.05, 0.1) is 29.9 Å². The van der Waals surface area contributed by atoms with Crippen LogP contribution in [0, 0.1) is 0 Å². The molecule has 4 aromatic rings. The first-order valence-corrected chi connectivity index (χ1v) is 10.6. The summed E-state index contributed by atoms with van der Waals surface area (Å²) >= 11 is 0. The largest absolute Gasteiger partial charge is 0.507 e. The fourth-order valence-electron chi connectivity index (χ4n) is 4.18. The molecule has 1 N–H and O–H groups in total. The highest BCUT2D eigenvalue weighted by atomic mass is 16.5. The van der Waals surface area contributed by atoms with Gasteiger partial charge < -0.3 is 23.9 Å². The minimum Gasteiger partial charge on any atom is -0.507 e. The number of fused-ring (bicyclic) bond motifs is 1. The number of hydrogen-bond acceptors (Lipinski definition) is 5. The number of phenolic OH excluding ortho intramolecular Hbond substituents is 1. The van der Waals surface area contributed by atoms with Crippen LogP contribution in [0.5, 0.6) is 5.75 Å². The molecule has 0 saturated carbocycles. The fraction of sp³-hybridized carbons (Fsp3) is 0.280. The number of nitrogens with zero attached hydrogens (tertiary/aromatic N) is 4. The number of ether oxygens (including phenoxy) is 1. The van der Waals surface area contributed by atoms with Gasteiger partial charge in [0.2, 0.25) is 0 Å². The van der Waals surface area contributed by atoms with Crippen molar-refractivity contribution >= 4 is 16.9 Å². The summed E-state index contributed by atoms with van der Waals surface area (Å²) in [7, 11) is 5.83. The van der Waals surface area contributed by atoms with Crippen LogP contribution >= 0.6 is 0 Å². The van der Waals surface area contributed by atoms with E-state index in [1.165, 1.54) is 0 Å². The first-order valence-electron chi connectivity index (χ1n) is 10.6. The SMILES string of the molecule is CCOC(=O)c1c(Cn2cccc2)n(C)c2cc(-c3cccnc3)c(O)c(CN(C)C)c12. The molecule has 0 amide bonds. The molecule has 3 heterocycles. The topological polar surface area (TPSA) is 72.5 Å². The fourth-order valence-corrected chi connectivity index (χ4v) is 4.18. The van der Waals surface area contributed by atoms with Crippen molar-refractivity contribution in [1.82, 2.24) is 19.0 Å². The van der Waals surface area contributed by atoms with Gasteiger partial charge in [-0.3, -0.25) is 4.98 Å². The number of esters is 1. The van der Waals surface area contributed by atoms with Crippen molar-refractivity contribution in [2.75, 3.05) is 20.7 Å². The summed E-state index contributed by atoms with van der Waals surface area (Å²) in [6, 6.07) is 9.61. The van der Waals surface area contributed by atoms with Gasteiger partial charge in [0.1, 0.15) is 5.75 Å². The van der Waals surface area contributed by atoms with Gasteiger partial charge in [-0.2, -0.15) is 0 Å². The van der Waals surface area contributed by atoms with Gasteiger partial charge >= 0.3 is 5.97 Å². The molecule has 4 rings (SSSR count). The highest BCUT2D eigenvalue weighted by molar-refractivity contribution is 6.09. The number of aromatic nitrogens is 3. The van der Waals surface area contributed by atoms with E-state index in [0.717, 1.165) is 22.2 Å². The van der Waals surface area contributed by atoms with Gasteiger partial charge in [0.25, 0.3) is 0 Å². The van der Waals surface area contributed by atoms with Crippen LogP contribution in [-0.2, 0) is 24.9 Å². The van der Waals surface area contributed by atoms with Gasteiger partial charge in [0.15, 0.2) is 0 Å². The van der Waals surface area contributed by atoms with Crippen molar-refractivity contribution in [2.45, 2.75) is 20.0 Å². The van der Waals surface area contributed by atoms with Crippen LogP contribution in [0.25, 0.3) is 22.0 Å². The monoisotopic (exact) mass is 432 g/mol. The Morgan fingerprint density at radius 3 is 2.59 bits per heavy atom. The van der Waals surface area contributed by atoms with E-state index in [9.17, 15) is 9.90 Å². The lowest BCUT2D eigenvalue weighted by atomic mass is 9.96. The summed E-state index contributed by atoms with van der Waals surface area (Å²) in [5.74, 6) is -0.225. The number of pyridine rings is 1. The van der Waals surface area contributed by atoms with Crippen LogP contribution in [0.4, 0.5) is 0 Å². The first kappa shape index (κ1) is 21.6. The average Bonchev–Trinajstić information content (AvgIpc) is 3.38. The summed E-state index contributed by atoms with van der Waals surface area (Å²) in [6.07, 6.45) is 7.37. The molecule has 0 radical (unpaired) electrons. The maximum atomic E-state index is 13.2. The number of carbonyl (C=O) groups is 1. The smallest absolute Gasteiger partial charge is 0.340 e. The van der Waals surface area contributed by atoms with Crippen LogP contribution < -0.4 is 0 Å². The quantitative estimate of drug-likeness (QED) is 0.447. The van der Waals surface area contributed by atoms with Crippen molar-refractivity contribution in [1.29, 1.82) is 0 Å². The maximum absolute atomic E-state index is 13.2. The summed E-state index contributed by atoms with van der Waals surface area (Å²) in [5, 5.41) is 12.1. The van der Waals surface area contributed by atoms with Gasteiger partial charge in [0, 0.05) is 60.5 Å². The van der Waals surface area contributed by atoms with Crippen LogP contribution in [0.1, 0.15) is 28.5 Å². The van der Waals surface area contributed by atoms with Gasteiger partial charge in [-0.1, -0.05) is 6.07 Å². The standard InChI is InChI=1S/C25H28N4O3/c1-5-32-25(31)23-21(16-29-11-6-7-12-29)28(4)20-13-18(17-9-8-10-26-14-17)24(30)19(22(20)23)15-27(2)3/h6-14,30H,5,15-16H2,1-4H3. The number of hydrogen-bond donors (Lipinski definition) is 1. The zero-order chi connectivity index (χ0) is 22.8. The third-order valence-corrected chi connectivity index (χ3v) is 5.61. The van der Waals surface area contributed by atoms with Crippen molar-refractivity contribution in [3.63, 3.8) is 0 Å². The van der Waals surface area contributed by atoms with E-state index >= 15 is 0 Å². The number of aryl methyl sites for hydroxylation is 1. The maximum Gasteiger partial charge on any atom is 0.340 e. The molecular weight excluding hydrogens is 404 g/mol. The number of benzene rings is 1. The zero-order valence-corrected chi connectivity index (χ0v) is 18.9. The molecule has 7 nitrogen and oxygen atoms in total. The van der Waals surface area contributed by atoms with E-state index in [1.54, 1.807) is 19.3 Å². The highest BCUT2D eigenvalue weighted by Gasteiger charge is 2.28. The van der Waals surface area contributed by atoms with Crippen molar-refractivity contribution in [3.8, 4) is 16.9 Å². The summed E-state index contributed by atoms with van der Waals surface area (Å²) in [4.78, 5) is 19.4. The minimum absolute atomic E-state index is 0.155. The molecule has 0 aliphatic heterocycles. The second-order valence-electron chi connectivity index (χ2n) is 8.08. The average molecular weight is 433 g/mol. The van der Waals surface area contributed by atoms with E-state index in [2.05, 4.69) is 4.98 Å². The summed E-state index contributed by atoms with van der Waals surface area (Å²) in [6.45, 7) is 3.06. The van der Waals surface area contributed by atoms with Crippen molar-refractivity contribution < 1.29 is 14.6 Å². The molecule has 166 valence electrons. The van der Waals surface area contributed by atoms with Crippen LogP contribution in [0.15, 0.2) is 55.1 Å². The molecule has 7 heteroatoms. The molecule has 0 aliphatic carbocycles. The molecule has 1 aromatic carbocycles. The molecule has 0 saturated heterocycles. The molecule has 0 bridgehead atoms. The summed E-state index contributed by atoms with van der Waals surface area (Å²) in [5.41, 5.74) is 4.40. The van der Waals surface area contributed by atoms with Crippen molar-refractivity contribution in [2.24, 2.45) is 7.05 Å². The Labute approximate surface area is 187 Å². The number of phenols is 1. The Bertz CT molecular complexity index is 1240. The van der Waals surface area contributed by atoms with Gasteiger partial charge in [-0.05, 0) is 45.3 Å². The van der Waals surface area contributed by atoms with Gasteiger partial charge in [-0.25, -0.2) is 4.79 Å². The Morgan fingerprint density at radius 2 is 1.97 bits per heavy atom. The highest BCUT2D eigenvalue weighted by Crippen LogP contribution is 2.41. The molecule has 0 spiro atoms. The first-order chi connectivity index (χ1) is 15.4. The van der Waals surface area contributed by atoms with Crippen LogP contribution in [0.3, 0.4) is 0 Å². The molecule has 0 unspecified atom stereocenters. The van der Waals surface area contributed by atoms with Crippen molar-refractivity contribution in [3.05, 3.63) is 71.9 Å². The molecular formula is C25H28N4O3.